The van der Waals surface area contributed by atoms with Gasteiger partial charge in [0.05, 0.1) is 7.11 Å². The Kier molecular flexibility index (Phi) is 6.54. The van der Waals surface area contributed by atoms with Crippen LogP contribution >= 0.6 is 11.8 Å². The Morgan fingerprint density at radius 3 is 2.67 bits per heavy atom. The lowest BCUT2D eigenvalue weighted by Gasteiger charge is -2.24. The van der Waals surface area contributed by atoms with Gasteiger partial charge in [-0.2, -0.15) is 0 Å². The van der Waals surface area contributed by atoms with Gasteiger partial charge in [-0.25, -0.2) is 0 Å². The van der Waals surface area contributed by atoms with E-state index in [2.05, 4.69) is 13.0 Å². The number of rotatable bonds is 7. The summed E-state index contributed by atoms with van der Waals surface area (Å²) in [5, 5.41) is 9.59. The van der Waals surface area contributed by atoms with Crippen molar-refractivity contribution < 1.29 is 9.84 Å². The molecule has 0 amide bonds. The molecule has 1 aromatic rings. The largest absolute Gasteiger partial charge is 0.497 e. The van der Waals surface area contributed by atoms with Gasteiger partial charge in [0.25, 0.3) is 0 Å². The minimum absolute atomic E-state index is 0.0586. The number of methoxy groups -OCH3 is 1. The summed E-state index contributed by atoms with van der Waals surface area (Å²) in [6.45, 7) is 4.36. The van der Waals surface area contributed by atoms with Crippen LogP contribution in [0.4, 0.5) is 0 Å². The van der Waals surface area contributed by atoms with Crippen LogP contribution in [0.15, 0.2) is 24.3 Å². The van der Waals surface area contributed by atoms with E-state index in [0.717, 1.165) is 12.2 Å². The first-order valence-corrected chi connectivity index (χ1v) is 7.18. The molecule has 0 spiro atoms. The number of aliphatic hydroxyl groups is 1. The second-order valence-electron chi connectivity index (χ2n) is 4.52. The van der Waals surface area contributed by atoms with Crippen LogP contribution in [0.25, 0.3) is 0 Å². The number of hydrogen-bond donors (Lipinski definition) is 2. The van der Waals surface area contributed by atoms with Gasteiger partial charge in [0.2, 0.25) is 0 Å². The Morgan fingerprint density at radius 1 is 1.39 bits per heavy atom. The monoisotopic (exact) mass is 269 g/mol. The van der Waals surface area contributed by atoms with Gasteiger partial charge >= 0.3 is 0 Å². The van der Waals surface area contributed by atoms with Crippen molar-refractivity contribution in [1.29, 1.82) is 0 Å². The lowest BCUT2D eigenvalue weighted by atomic mass is 10.1. The average molecular weight is 269 g/mol. The molecule has 4 heteroatoms. The van der Waals surface area contributed by atoms with Crippen LogP contribution in [0, 0.1) is 0 Å². The maximum Gasteiger partial charge on any atom is 0.119 e. The van der Waals surface area contributed by atoms with Gasteiger partial charge in [-0.05, 0) is 31.0 Å². The Balaban J connectivity index is 2.83. The van der Waals surface area contributed by atoms with Crippen LogP contribution in [0.2, 0.25) is 0 Å². The van der Waals surface area contributed by atoms with Crippen LogP contribution in [-0.2, 0) is 0 Å². The molecule has 3 unspecified atom stereocenters. The van der Waals surface area contributed by atoms with E-state index in [1.807, 2.05) is 36.9 Å². The third-order valence-electron chi connectivity index (χ3n) is 2.81. The van der Waals surface area contributed by atoms with E-state index in [1.54, 1.807) is 7.11 Å². The predicted molar refractivity (Wildman–Crippen MR) is 78.1 cm³/mol. The fourth-order valence-corrected chi connectivity index (χ4v) is 3.12. The minimum atomic E-state index is 0.0586. The highest BCUT2D eigenvalue weighted by Gasteiger charge is 2.20. The normalized spacial score (nSPS) is 16.1. The molecular formula is C14H23NO2S. The van der Waals surface area contributed by atoms with E-state index in [4.69, 9.17) is 15.6 Å². The Morgan fingerprint density at radius 2 is 2.11 bits per heavy atom. The Bertz CT molecular complexity index is 357. The van der Waals surface area contributed by atoms with Gasteiger partial charge in [-0.1, -0.05) is 19.1 Å². The quantitative estimate of drug-likeness (QED) is 0.799. The smallest absolute Gasteiger partial charge is 0.119 e. The first-order valence-electron chi connectivity index (χ1n) is 6.24. The topological polar surface area (TPSA) is 55.5 Å². The molecule has 18 heavy (non-hydrogen) atoms. The predicted octanol–water partition coefficient (Wildman–Crippen LogP) is 2.59. The number of thioether (sulfide) groups is 1. The number of aliphatic hydroxyl groups excluding tert-OH is 1. The summed E-state index contributed by atoms with van der Waals surface area (Å²) in [4.78, 5) is 0. The lowest BCUT2D eigenvalue weighted by Crippen LogP contribution is -2.24. The second kappa shape index (κ2) is 7.67. The zero-order chi connectivity index (χ0) is 13.5. The summed E-state index contributed by atoms with van der Waals surface area (Å²) in [6, 6.07) is 8.09. The SMILES string of the molecule is COc1cccc(C(SC(C)CCO)C(C)N)c1. The van der Waals surface area contributed by atoms with Crippen LogP contribution < -0.4 is 10.5 Å². The standard InChI is InChI=1S/C14H23NO2S/c1-10(7-8-16)18-14(11(2)15)12-5-4-6-13(9-12)17-3/h4-6,9-11,14,16H,7-8,15H2,1-3H3. The first-order chi connectivity index (χ1) is 8.58. The molecular weight excluding hydrogens is 246 g/mol. The fourth-order valence-electron chi connectivity index (χ4n) is 1.82. The highest BCUT2D eigenvalue weighted by atomic mass is 32.2. The van der Waals surface area contributed by atoms with E-state index >= 15 is 0 Å². The van der Waals surface area contributed by atoms with Crippen LogP contribution in [0.5, 0.6) is 5.75 Å². The molecule has 0 saturated carbocycles. The average Bonchev–Trinajstić information content (AvgIpc) is 2.36. The van der Waals surface area contributed by atoms with Crippen LogP contribution in [0.3, 0.4) is 0 Å². The summed E-state index contributed by atoms with van der Waals surface area (Å²) in [5.74, 6) is 0.855. The van der Waals surface area contributed by atoms with Crippen LogP contribution in [-0.4, -0.2) is 30.1 Å². The molecule has 0 aliphatic heterocycles. The third kappa shape index (κ3) is 4.52. The molecule has 3 N–H and O–H groups in total. The molecule has 0 aliphatic carbocycles. The minimum Gasteiger partial charge on any atom is -0.497 e. The van der Waals surface area contributed by atoms with Crippen molar-refractivity contribution in [2.24, 2.45) is 5.73 Å². The number of hydrogen-bond acceptors (Lipinski definition) is 4. The molecule has 0 aliphatic rings. The maximum atomic E-state index is 8.98. The van der Waals surface area contributed by atoms with Gasteiger partial charge in [-0.15, -0.1) is 11.8 Å². The summed E-state index contributed by atoms with van der Waals surface area (Å²) >= 11 is 1.81. The van der Waals surface area contributed by atoms with E-state index in [0.29, 0.717) is 5.25 Å². The summed E-state index contributed by atoms with van der Waals surface area (Å²) in [6.07, 6.45) is 0.790. The van der Waals surface area contributed by atoms with Crippen molar-refractivity contribution in [3.8, 4) is 5.75 Å². The summed E-state index contributed by atoms with van der Waals surface area (Å²) in [7, 11) is 1.67. The van der Waals surface area contributed by atoms with Gasteiger partial charge in [0.15, 0.2) is 0 Å². The lowest BCUT2D eigenvalue weighted by molar-refractivity contribution is 0.288. The van der Waals surface area contributed by atoms with E-state index in [9.17, 15) is 0 Å². The van der Waals surface area contributed by atoms with Gasteiger partial charge in [0, 0.05) is 23.1 Å². The fraction of sp³-hybridized carbons (Fsp3) is 0.571. The van der Waals surface area contributed by atoms with Crippen molar-refractivity contribution in [3.63, 3.8) is 0 Å². The number of nitrogens with two attached hydrogens (primary N) is 1. The van der Waals surface area contributed by atoms with E-state index in [1.165, 1.54) is 5.56 Å². The molecule has 1 aromatic carbocycles. The van der Waals surface area contributed by atoms with Gasteiger partial charge < -0.3 is 15.6 Å². The van der Waals surface area contributed by atoms with Gasteiger partial charge in [-0.3, -0.25) is 0 Å². The molecule has 0 bridgehead atoms. The molecule has 0 radical (unpaired) electrons. The zero-order valence-corrected chi connectivity index (χ0v) is 12.1. The first kappa shape index (κ1) is 15.3. The summed E-state index contributed by atoms with van der Waals surface area (Å²) in [5.41, 5.74) is 7.26. The molecule has 3 nitrogen and oxygen atoms in total. The maximum absolute atomic E-state index is 8.98. The number of benzene rings is 1. The zero-order valence-electron chi connectivity index (χ0n) is 11.3. The molecule has 3 atom stereocenters. The molecule has 0 aromatic heterocycles. The molecule has 102 valence electrons. The van der Waals surface area contributed by atoms with Crippen molar-refractivity contribution in [3.05, 3.63) is 29.8 Å². The molecule has 1 rings (SSSR count). The summed E-state index contributed by atoms with van der Waals surface area (Å²) < 4.78 is 5.25. The molecule has 0 fully saturated rings. The van der Waals surface area contributed by atoms with E-state index in [-0.39, 0.29) is 17.9 Å². The van der Waals surface area contributed by atoms with Crippen molar-refractivity contribution in [2.75, 3.05) is 13.7 Å². The van der Waals surface area contributed by atoms with Gasteiger partial charge in [0.1, 0.15) is 5.75 Å². The highest BCUT2D eigenvalue weighted by molar-refractivity contribution is 8.00. The third-order valence-corrected chi connectivity index (χ3v) is 4.51. The van der Waals surface area contributed by atoms with E-state index < -0.39 is 0 Å². The molecule has 0 saturated heterocycles. The Labute approximate surface area is 114 Å². The van der Waals surface area contributed by atoms with Crippen molar-refractivity contribution in [1.82, 2.24) is 0 Å². The van der Waals surface area contributed by atoms with Crippen molar-refractivity contribution >= 4 is 11.8 Å². The van der Waals surface area contributed by atoms with Crippen molar-refractivity contribution in [2.45, 2.75) is 36.8 Å². The second-order valence-corrected chi connectivity index (χ2v) is 6.10. The molecule has 0 heterocycles. The van der Waals surface area contributed by atoms with Crippen LogP contribution in [0.1, 0.15) is 31.1 Å². The Hall–Kier alpha value is -0.710. The number of ether oxygens (including phenoxy) is 1. The highest BCUT2D eigenvalue weighted by Crippen LogP contribution is 2.36.